The van der Waals surface area contributed by atoms with E-state index in [1.807, 2.05) is 0 Å². The molecule has 1 aliphatic carbocycles. The lowest BCUT2D eigenvalue weighted by molar-refractivity contribution is 0.0989. The highest BCUT2D eigenvalue weighted by Crippen LogP contribution is 2.40. The second-order valence-electron chi connectivity index (χ2n) is 5.85. The summed E-state index contributed by atoms with van der Waals surface area (Å²) in [7, 11) is 0. The summed E-state index contributed by atoms with van der Waals surface area (Å²) in [6.07, 6.45) is 11.1. The van der Waals surface area contributed by atoms with Gasteiger partial charge in [0.25, 0.3) is 0 Å². The molecule has 0 aromatic heterocycles. The molecule has 2 aliphatic rings. The molecule has 0 radical (unpaired) electrons. The quantitative estimate of drug-likeness (QED) is 0.798. The largest absolute Gasteiger partial charge is 0.329 e. The van der Waals surface area contributed by atoms with Gasteiger partial charge in [0.1, 0.15) is 0 Å². The lowest BCUT2D eigenvalue weighted by Gasteiger charge is -2.40. The van der Waals surface area contributed by atoms with E-state index in [0.717, 1.165) is 12.5 Å². The van der Waals surface area contributed by atoms with Crippen molar-refractivity contribution < 1.29 is 0 Å². The maximum atomic E-state index is 6.13. The predicted molar refractivity (Wildman–Crippen MR) is 69.5 cm³/mol. The van der Waals surface area contributed by atoms with Gasteiger partial charge in [-0.1, -0.05) is 26.2 Å². The second-order valence-corrected chi connectivity index (χ2v) is 5.85. The number of rotatable bonds is 3. The van der Waals surface area contributed by atoms with E-state index >= 15 is 0 Å². The molecule has 94 valence electrons. The summed E-state index contributed by atoms with van der Waals surface area (Å²) in [6, 6.07) is 0. The number of hydrogen-bond donors (Lipinski definition) is 1. The molecule has 1 heterocycles. The van der Waals surface area contributed by atoms with E-state index in [0.29, 0.717) is 5.54 Å². The van der Waals surface area contributed by atoms with E-state index in [4.69, 9.17) is 5.73 Å². The van der Waals surface area contributed by atoms with Gasteiger partial charge in [-0.2, -0.15) is 0 Å². The Balaban J connectivity index is 2.02. The monoisotopic (exact) mass is 224 g/mol. The lowest BCUT2D eigenvalue weighted by Crippen LogP contribution is -2.52. The molecule has 2 heteroatoms. The maximum Gasteiger partial charge on any atom is 0.0334 e. The molecule has 2 unspecified atom stereocenters. The molecule has 2 rings (SSSR count). The highest BCUT2D eigenvalue weighted by Gasteiger charge is 2.41. The fourth-order valence-electron chi connectivity index (χ4n) is 3.71. The number of nitrogens with two attached hydrogens (primary N) is 1. The van der Waals surface area contributed by atoms with E-state index in [2.05, 4.69) is 11.8 Å². The first-order valence-electron chi connectivity index (χ1n) is 7.26. The minimum absolute atomic E-state index is 0.380. The van der Waals surface area contributed by atoms with Crippen LogP contribution >= 0.6 is 0 Å². The molecule has 0 aromatic carbocycles. The topological polar surface area (TPSA) is 29.3 Å². The molecule has 0 aromatic rings. The first kappa shape index (κ1) is 12.4. The Hall–Kier alpha value is -0.0800. The van der Waals surface area contributed by atoms with Gasteiger partial charge in [-0.15, -0.1) is 0 Å². The van der Waals surface area contributed by atoms with Crippen molar-refractivity contribution in [3.8, 4) is 0 Å². The van der Waals surface area contributed by atoms with Crippen LogP contribution in [0.3, 0.4) is 0 Å². The standard InChI is InChI=1S/C14H28N2/c1-2-13-7-8-14(11-13,12-15)16-9-5-3-4-6-10-16/h13H,2-12,15H2,1H3. The SMILES string of the molecule is CCC1CCC(CN)(N2CCCCCC2)C1. The van der Waals surface area contributed by atoms with Crippen LogP contribution in [0.2, 0.25) is 0 Å². The third-order valence-corrected chi connectivity index (χ3v) is 4.92. The fraction of sp³-hybridized carbons (Fsp3) is 1.00. The Labute approximate surface area is 101 Å². The Morgan fingerprint density at radius 1 is 1.19 bits per heavy atom. The van der Waals surface area contributed by atoms with Crippen LogP contribution in [0.4, 0.5) is 0 Å². The summed E-state index contributed by atoms with van der Waals surface area (Å²) in [5, 5.41) is 0. The molecule has 1 aliphatic heterocycles. The van der Waals surface area contributed by atoms with E-state index in [-0.39, 0.29) is 0 Å². The van der Waals surface area contributed by atoms with Crippen molar-refractivity contribution in [1.29, 1.82) is 0 Å². The van der Waals surface area contributed by atoms with Gasteiger partial charge in [0.05, 0.1) is 0 Å². The average molecular weight is 224 g/mol. The van der Waals surface area contributed by atoms with E-state index < -0.39 is 0 Å². The highest BCUT2D eigenvalue weighted by molar-refractivity contribution is 4.99. The smallest absolute Gasteiger partial charge is 0.0334 e. The fourth-order valence-corrected chi connectivity index (χ4v) is 3.71. The van der Waals surface area contributed by atoms with Crippen LogP contribution in [0, 0.1) is 5.92 Å². The van der Waals surface area contributed by atoms with Gasteiger partial charge < -0.3 is 5.73 Å². The van der Waals surface area contributed by atoms with Gasteiger partial charge in [0.2, 0.25) is 0 Å². The molecule has 2 N–H and O–H groups in total. The molecular formula is C14H28N2. The molecule has 0 bridgehead atoms. The summed E-state index contributed by atoms with van der Waals surface area (Å²) in [6.45, 7) is 5.81. The van der Waals surface area contributed by atoms with Crippen molar-refractivity contribution in [2.24, 2.45) is 11.7 Å². The van der Waals surface area contributed by atoms with Crippen LogP contribution in [0.15, 0.2) is 0 Å². The van der Waals surface area contributed by atoms with Crippen molar-refractivity contribution in [3.63, 3.8) is 0 Å². The minimum Gasteiger partial charge on any atom is -0.329 e. The predicted octanol–water partition coefficient (Wildman–Crippen LogP) is 2.77. The van der Waals surface area contributed by atoms with Crippen LogP contribution in [-0.4, -0.2) is 30.1 Å². The van der Waals surface area contributed by atoms with Gasteiger partial charge in [0, 0.05) is 12.1 Å². The zero-order valence-corrected chi connectivity index (χ0v) is 10.9. The summed E-state index contributed by atoms with van der Waals surface area (Å²) in [5.74, 6) is 0.937. The van der Waals surface area contributed by atoms with Gasteiger partial charge in [-0.3, -0.25) is 4.90 Å². The van der Waals surface area contributed by atoms with E-state index in [1.165, 1.54) is 64.5 Å². The number of likely N-dealkylation sites (tertiary alicyclic amines) is 1. The van der Waals surface area contributed by atoms with E-state index in [1.54, 1.807) is 0 Å². The van der Waals surface area contributed by atoms with Crippen LogP contribution in [0.1, 0.15) is 58.3 Å². The summed E-state index contributed by atoms with van der Waals surface area (Å²) >= 11 is 0. The van der Waals surface area contributed by atoms with Crippen molar-refractivity contribution in [3.05, 3.63) is 0 Å². The lowest BCUT2D eigenvalue weighted by atomic mass is 9.92. The summed E-state index contributed by atoms with van der Waals surface area (Å²) in [5.41, 5.74) is 6.51. The van der Waals surface area contributed by atoms with Crippen LogP contribution in [-0.2, 0) is 0 Å². The third kappa shape index (κ3) is 2.43. The first-order valence-corrected chi connectivity index (χ1v) is 7.26. The minimum atomic E-state index is 0.380. The molecule has 0 amide bonds. The number of nitrogens with zero attached hydrogens (tertiary/aromatic N) is 1. The van der Waals surface area contributed by atoms with Gasteiger partial charge in [-0.05, 0) is 51.1 Å². The highest BCUT2D eigenvalue weighted by atomic mass is 15.2. The number of hydrogen-bond acceptors (Lipinski definition) is 2. The Bertz CT molecular complexity index is 209. The molecule has 1 saturated heterocycles. The molecular weight excluding hydrogens is 196 g/mol. The average Bonchev–Trinajstić information content (AvgIpc) is 2.56. The summed E-state index contributed by atoms with van der Waals surface area (Å²) < 4.78 is 0. The van der Waals surface area contributed by atoms with E-state index in [9.17, 15) is 0 Å². The van der Waals surface area contributed by atoms with Crippen LogP contribution < -0.4 is 5.73 Å². The molecule has 2 atom stereocenters. The summed E-state index contributed by atoms with van der Waals surface area (Å²) in [4.78, 5) is 2.75. The molecule has 0 spiro atoms. The van der Waals surface area contributed by atoms with Gasteiger partial charge in [-0.25, -0.2) is 0 Å². The first-order chi connectivity index (χ1) is 7.80. The van der Waals surface area contributed by atoms with Crippen LogP contribution in [0.25, 0.3) is 0 Å². The maximum absolute atomic E-state index is 6.13. The Morgan fingerprint density at radius 3 is 2.38 bits per heavy atom. The zero-order valence-electron chi connectivity index (χ0n) is 10.9. The molecule has 2 fully saturated rings. The van der Waals surface area contributed by atoms with Gasteiger partial charge in [0.15, 0.2) is 0 Å². The van der Waals surface area contributed by atoms with Crippen molar-refractivity contribution >= 4 is 0 Å². The van der Waals surface area contributed by atoms with Gasteiger partial charge >= 0.3 is 0 Å². The second kappa shape index (κ2) is 5.50. The van der Waals surface area contributed by atoms with Crippen molar-refractivity contribution in [2.45, 2.75) is 63.8 Å². The van der Waals surface area contributed by atoms with Crippen molar-refractivity contribution in [1.82, 2.24) is 4.90 Å². The van der Waals surface area contributed by atoms with Crippen molar-refractivity contribution in [2.75, 3.05) is 19.6 Å². The normalized spacial score (nSPS) is 37.5. The third-order valence-electron chi connectivity index (χ3n) is 4.92. The molecule has 16 heavy (non-hydrogen) atoms. The Morgan fingerprint density at radius 2 is 1.88 bits per heavy atom. The molecule has 2 nitrogen and oxygen atoms in total. The molecule has 1 saturated carbocycles. The van der Waals surface area contributed by atoms with Crippen LogP contribution in [0.5, 0.6) is 0 Å². The Kier molecular flexibility index (Phi) is 4.26. The zero-order chi connectivity index (χ0) is 11.4.